The maximum absolute atomic E-state index is 11.7. The highest BCUT2D eigenvalue weighted by molar-refractivity contribution is 7.07. The Kier molecular flexibility index (Phi) is 3.69. The van der Waals surface area contributed by atoms with Crippen molar-refractivity contribution in [2.75, 3.05) is 6.61 Å². The maximum atomic E-state index is 11.7. The molecule has 0 aromatic carbocycles. The van der Waals surface area contributed by atoms with Gasteiger partial charge in [-0.3, -0.25) is 4.79 Å². The normalized spacial score (nSPS) is 22.5. The minimum Gasteiger partial charge on any atom is -0.347 e. The molecule has 1 atom stereocenters. The van der Waals surface area contributed by atoms with E-state index in [2.05, 4.69) is 20.1 Å². The fourth-order valence-corrected chi connectivity index (χ4v) is 2.00. The van der Waals surface area contributed by atoms with Crippen molar-refractivity contribution in [3.8, 4) is 0 Å². The van der Waals surface area contributed by atoms with E-state index in [9.17, 15) is 4.79 Å². The number of ether oxygens (including phenoxy) is 2. The van der Waals surface area contributed by atoms with Crippen LogP contribution in [0.25, 0.3) is 0 Å². The number of rotatable bonds is 3. The van der Waals surface area contributed by atoms with E-state index in [4.69, 9.17) is 9.47 Å². The number of aromatic nitrogens is 2. The summed E-state index contributed by atoms with van der Waals surface area (Å²) in [4.78, 5) is 12.1. The quantitative estimate of drug-likeness (QED) is 0.646. The summed E-state index contributed by atoms with van der Waals surface area (Å²) in [6.45, 7) is 5.80. The van der Waals surface area contributed by atoms with Gasteiger partial charge in [0.1, 0.15) is 11.0 Å². The highest BCUT2D eigenvalue weighted by Gasteiger charge is 2.31. The molecule has 0 spiro atoms. The SMILES string of the molecule is Cc1nnsc1C(=O)N/N=C/C1COC(C)(C)O1. The molecule has 98 valence electrons. The van der Waals surface area contributed by atoms with Gasteiger partial charge in [0.2, 0.25) is 0 Å². The average molecular weight is 270 g/mol. The molecule has 1 fully saturated rings. The van der Waals surface area contributed by atoms with Crippen molar-refractivity contribution in [1.82, 2.24) is 15.0 Å². The van der Waals surface area contributed by atoms with Gasteiger partial charge in [-0.15, -0.1) is 5.10 Å². The number of hydrazone groups is 1. The highest BCUT2D eigenvalue weighted by Crippen LogP contribution is 2.20. The summed E-state index contributed by atoms with van der Waals surface area (Å²) in [5.74, 6) is -0.921. The zero-order valence-corrected chi connectivity index (χ0v) is 11.2. The number of aryl methyl sites for hydroxylation is 1. The van der Waals surface area contributed by atoms with Crippen LogP contribution in [0.15, 0.2) is 5.10 Å². The summed E-state index contributed by atoms with van der Waals surface area (Å²) in [6.07, 6.45) is 1.26. The molecule has 1 N–H and O–H groups in total. The predicted octanol–water partition coefficient (Wildman–Crippen LogP) is 0.714. The first-order valence-corrected chi connectivity index (χ1v) is 6.19. The third kappa shape index (κ3) is 3.09. The number of carbonyl (C=O) groups excluding carboxylic acids is 1. The number of carbonyl (C=O) groups is 1. The van der Waals surface area contributed by atoms with Gasteiger partial charge in [-0.1, -0.05) is 4.49 Å². The Hall–Kier alpha value is -1.38. The van der Waals surface area contributed by atoms with Crippen LogP contribution in [-0.2, 0) is 9.47 Å². The molecule has 2 heterocycles. The van der Waals surface area contributed by atoms with Crippen LogP contribution in [0.2, 0.25) is 0 Å². The maximum Gasteiger partial charge on any atom is 0.285 e. The Balaban J connectivity index is 1.85. The summed E-state index contributed by atoms with van der Waals surface area (Å²) >= 11 is 1.04. The molecule has 2 rings (SSSR count). The smallest absolute Gasteiger partial charge is 0.285 e. The standard InChI is InChI=1S/C10H14N4O3S/c1-6-8(18-14-12-6)9(15)13-11-4-7-5-16-10(2,3)17-7/h4,7H,5H2,1-3H3,(H,13,15)/b11-4+. The van der Waals surface area contributed by atoms with Crippen LogP contribution in [0.1, 0.15) is 29.2 Å². The third-order valence-electron chi connectivity index (χ3n) is 2.30. The predicted molar refractivity (Wildman–Crippen MR) is 65.5 cm³/mol. The van der Waals surface area contributed by atoms with Crippen LogP contribution in [0.5, 0.6) is 0 Å². The minimum atomic E-state index is -0.598. The Morgan fingerprint density at radius 1 is 1.67 bits per heavy atom. The number of hydrogen-bond acceptors (Lipinski definition) is 7. The molecule has 18 heavy (non-hydrogen) atoms. The monoisotopic (exact) mass is 270 g/mol. The minimum absolute atomic E-state index is 0.249. The number of nitrogens with one attached hydrogen (secondary N) is 1. The molecule has 1 amide bonds. The molecule has 1 aromatic rings. The summed E-state index contributed by atoms with van der Waals surface area (Å²) in [7, 11) is 0. The molecule has 0 radical (unpaired) electrons. The van der Waals surface area contributed by atoms with Crippen molar-refractivity contribution in [2.24, 2.45) is 5.10 Å². The second-order valence-corrected chi connectivity index (χ2v) is 5.03. The van der Waals surface area contributed by atoms with Gasteiger partial charge in [0.15, 0.2) is 5.79 Å². The fourth-order valence-electron chi connectivity index (χ4n) is 1.46. The molecule has 1 aromatic heterocycles. The molecule has 1 aliphatic heterocycles. The lowest BCUT2D eigenvalue weighted by Crippen LogP contribution is -2.23. The fraction of sp³-hybridized carbons (Fsp3) is 0.600. The molecule has 1 unspecified atom stereocenters. The van der Waals surface area contributed by atoms with Gasteiger partial charge in [0.05, 0.1) is 18.5 Å². The Morgan fingerprint density at radius 3 is 3.00 bits per heavy atom. The summed E-state index contributed by atoms with van der Waals surface area (Å²) in [5, 5.41) is 7.59. The summed E-state index contributed by atoms with van der Waals surface area (Å²) in [6, 6.07) is 0. The lowest BCUT2D eigenvalue weighted by molar-refractivity contribution is -0.130. The molecule has 0 saturated carbocycles. The Labute approximate surface area is 108 Å². The first-order chi connectivity index (χ1) is 8.48. The van der Waals surface area contributed by atoms with Crippen LogP contribution in [0, 0.1) is 6.92 Å². The first-order valence-electron chi connectivity index (χ1n) is 5.42. The van der Waals surface area contributed by atoms with E-state index in [-0.39, 0.29) is 12.0 Å². The van der Waals surface area contributed by atoms with Crippen molar-refractivity contribution in [3.63, 3.8) is 0 Å². The highest BCUT2D eigenvalue weighted by atomic mass is 32.1. The first kappa shape index (κ1) is 13.1. The van der Waals surface area contributed by atoms with Crippen molar-refractivity contribution in [2.45, 2.75) is 32.7 Å². The van der Waals surface area contributed by atoms with E-state index >= 15 is 0 Å². The number of amides is 1. The molecule has 7 nitrogen and oxygen atoms in total. The van der Waals surface area contributed by atoms with E-state index < -0.39 is 5.79 Å². The third-order valence-corrected chi connectivity index (χ3v) is 3.12. The van der Waals surface area contributed by atoms with Gasteiger partial charge in [-0.25, -0.2) is 5.43 Å². The molecule has 1 aliphatic rings. The molecule has 8 heteroatoms. The lowest BCUT2D eigenvalue weighted by Gasteiger charge is -2.15. The van der Waals surface area contributed by atoms with E-state index in [1.807, 2.05) is 13.8 Å². The van der Waals surface area contributed by atoms with Crippen molar-refractivity contribution >= 4 is 23.7 Å². The molecular formula is C10H14N4O3S. The number of nitrogens with zero attached hydrogens (tertiary/aromatic N) is 3. The zero-order valence-electron chi connectivity index (χ0n) is 10.3. The summed E-state index contributed by atoms with van der Waals surface area (Å²) < 4.78 is 14.5. The average Bonchev–Trinajstić information content (AvgIpc) is 2.85. The molecule has 0 bridgehead atoms. The van der Waals surface area contributed by atoms with Gasteiger partial charge >= 0.3 is 0 Å². The summed E-state index contributed by atoms with van der Waals surface area (Å²) in [5.41, 5.74) is 3.00. The van der Waals surface area contributed by atoms with Gasteiger partial charge in [-0.05, 0) is 32.3 Å². The van der Waals surface area contributed by atoms with Crippen LogP contribution >= 0.6 is 11.5 Å². The van der Waals surface area contributed by atoms with E-state index in [1.165, 1.54) is 6.21 Å². The van der Waals surface area contributed by atoms with E-state index in [0.717, 1.165) is 11.5 Å². The zero-order chi connectivity index (χ0) is 13.2. The van der Waals surface area contributed by atoms with Crippen molar-refractivity contribution in [3.05, 3.63) is 10.6 Å². The topological polar surface area (TPSA) is 85.7 Å². The van der Waals surface area contributed by atoms with Crippen LogP contribution < -0.4 is 5.43 Å². The van der Waals surface area contributed by atoms with Crippen LogP contribution in [0.4, 0.5) is 0 Å². The van der Waals surface area contributed by atoms with Gasteiger partial charge < -0.3 is 9.47 Å². The van der Waals surface area contributed by atoms with Gasteiger partial charge in [-0.2, -0.15) is 5.10 Å². The van der Waals surface area contributed by atoms with Crippen molar-refractivity contribution in [1.29, 1.82) is 0 Å². The Morgan fingerprint density at radius 2 is 2.44 bits per heavy atom. The molecule has 0 aliphatic carbocycles. The van der Waals surface area contributed by atoms with Crippen LogP contribution in [0.3, 0.4) is 0 Å². The lowest BCUT2D eigenvalue weighted by atomic mass is 10.4. The molecular weight excluding hydrogens is 256 g/mol. The van der Waals surface area contributed by atoms with E-state index in [0.29, 0.717) is 17.2 Å². The van der Waals surface area contributed by atoms with Gasteiger partial charge in [0.25, 0.3) is 5.91 Å². The number of hydrogen-bond donors (Lipinski definition) is 1. The molecule has 1 saturated heterocycles. The largest absolute Gasteiger partial charge is 0.347 e. The van der Waals surface area contributed by atoms with Crippen LogP contribution in [-0.4, -0.2) is 40.2 Å². The second-order valence-electron chi connectivity index (χ2n) is 4.27. The Bertz CT molecular complexity index is 471. The van der Waals surface area contributed by atoms with E-state index in [1.54, 1.807) is 6.92 Å². The van der Waals surface area contributed by atoms with Gasteiger partial charge in [0, 0.05) is 0 Å². The second kappa shape index (κ2) is 5.09. The van der Waals surface area contributed by atoms with Crippen molar-refractivity contribution < 1.29 is 14.3 Å².